The number of nitrogens with zero attached hydrogens (tertiary/aromatic N) is 1. The number of rotatable bonds is 8. The molecule has 1 unspecified atom stereocenters. The third-order valence-corrected chi connectivity index (χ3v) is 3.91. The van der Waals surface area contributed by atoms with Crippen LogP contribution in [0.25, 0.3) is 0 Å². The SMILES string of the molecule is CCCN(CCC)CC(N)(c1ccccc1)C(C)C. The van der Waals surface area contributed by atoms with Gasteiger partial charge in [-0.25, -0.2) is 0 Å². The van der Waals surface area contributed by atoms with Gasteiger partial charge in [-0.2, -0.15) is 0 Å². The number of benzene rings is 1. The fourth-order valence-corrected chi connectivity index (χ4v) is 2.63. The van der Waals surface area contributed by atoms with Crippen molar-refractivity contribution in [3.63, 3.8) is 0 Å². The molecule has 2 heteroatoms. The predicted octanol–water partition coefficient (Wildman–Crippen LogP) is 3.62. The van der Waals surface area contributed by atoms with E-state index >= 15 is 0 Å². The summed E-state index contributed by atoms with van der Waals surface area (Å²) in [5.41, 5.74) is 7.78. The minimum absolute atomic E-state index is 0.258. The molecule has 0 heterocycles. The monoisotopic (exact) mass is 262 g/mol. The fraction of sp³-hybridized carbons (Fsp3) is 0.647. The van der Waals surface area contributed by atoms with Crippen molar-refractivity contribution in [3.05, 3.63) is 35.9 Å². The molecular weight excluding hydrogens is 232 g/mol. The van der Waals surface area contributed by atoms with E-state index in [0.717, 1.165) is 19.6 Å². The van der Waals surface area contributed by atoms with E-state index in [2.05, 4.69) is 62.9 Å². The van der Waals surface area contributed by atoms with E-state index in [1.54, 1.807) is 0 Å². The zero-order valence-electron chi connectivity index (χ0n) is 13.0. The molecule has 19 heavy (non-hydrogen) atoms. The molecule has 0 radical (unpaired) electrons. The molecule has 0 aliphatic carbocycles. The molecule has 0 fully saturated rings. The Hall–Kier alpha value is -0.860. The van der Waals surface area contributed by atoms with Crippen molar-refractivity contribution in [2.75, 3.05) is 19.6 Å². The van der Waals surface area contributed by atoms with Gasteiger partial charge in [-0.05, 0) is 37.4 Å². The molecule has 0 aromatic heterocycles. The smallest absolute Gasteiger partial charge is 0.0561 e. The summed E-state index contributed by atoms with van der Waals surface area (Å²) in [6.45, 7) is 12.1. The first-order valence-corrected chi connectivity index (χ1v) is 7.61. The summed E-state index contributed by atoms with van der Waals surface area (Å²) in [6, 6.07) is 10.6. The highest BCUT2D eigenvalue weighted by atomic mass is 15.1. The first kappa shape index (κ1) is 16.2. The number of hydrogen-bond donors (Lipinski definition) is 1. The first-order chi connectivity index (χ1) is 9.04. The molecule has 1 rings (SSSR count). The second-order valence-corrected chi connectivity index (χ2v) is 5.84. The normalized spacial score (nSPS) is 14.9. The zero-order valence-corrected chi connectivity index (χ0v) is 13.0. The van der Waals surface area contributed by atoms with Gasteiger partial charge in [0.1, 0.15) is 0 Å². The minimum Gasteiger partial charge on any atom is -0.320 e. The van der Waals surface area contributed by atoms with Crippen LogP contribution in [0.1, 0.15) is 46.1 Å². The second kappa shape index (κ2) is 7.66. The van der Waals surface area contributed by atoms with Crippen LogP contribution in [0.3, 0.4) is 0 Å². The Morgan fingerprint density at radius 1 is 1.05 bits per heavy atom. The lowest BCUT2D eigenvalue weighted by molar-refractivity contribution is 0.171. The minimum atomic E-state index is -0.258. The molecular formula is C17H30N2. The van der Waals surface area contributed by atoms with Gasteiger partial charge in [0, 0.05) is 6.54 Å². The molecule has 0 bridgehead atoms. The van der Waals surface area contributed by atoms with E-state index in [4.69, 9.17) is 5.73 Å². The molecule has 1 aromatic carbocycles. The van der Waals surface area contributed by atoms with E-state index in [1.807, 2.05) is 0 Å². The maximum absolute atomic E-state index is 6.78. The van der Waals surface area contributed by atoms with E-state index < -0.39 is 0 Å². The molecule has 2 N–H and O–H groups in total. The van der Waals surface area contributed by atoms with E-state index in [1.165, 1.54) is 18.4 Å². The average molecular weight is 262 g/mol. The number of nitrogens with two attached hydrogens (primary N) is 1. The lowest BCUT2D eigenvalue weighted by atomic mass is 9.80. The molecule has 2 nitrogen and oxygen atoms in total. The molecule has 1 atom stereocenters. The highest BCUT2D eigenvalue weighted by molar-refractivity contribution is 5.25. The first-order valence-electron chi connectivity index (χ1n) is 7.61. The molecule has 108 valence electrons. The van der Waals surface area contributed by atoms with Crippen LogP contribution in [0.2, 0.25) is 0 Å². The van der Waals surface area contributed by atoms with Crippen molar-refractivity contribution in [1.82, 2.24) is 4.90 Å². The van der Waals surface area contributed by atoms with Gasteiger partial charge in [-0.3, -0.25) is 0 Å². The van der Waals surface area contributed by atoms with Crippen molar-refractivity contribution in [2.45, 2.75) is 46.1 Å². The standard InChI is InChI=1S/C17H30N2/c1-5-12-19(13-6-2)14-17(18,15(3)4)16-10-8-7-9-11-16/h7-11,15H,5-6,12-14,18H2,1-4H3. The molecule has 0 aliphatic rings. The third-order valence-electron chi connectivity index (χ3n) is 3.91. The lowest BCUT2D eigenvalue weighted by Gasteiger charge is -2.39. The van der Waals surface area contributed by atoms with Crippen molar-refractivity contribution in [3.8, 4) is 0 Å². The van der Waals surface area contributed by atoms with Crippen LogP contribution in [0.15, 0.2) is 30.3 Å². The summed E-state index contributed by atoms with van der Waals surface area (Å²) < 4.78 is 0. The van der Waals surface area contributed by atoms with Crippen molar-refractivity contribution < 1.29 is 0 Å². The maximum Gasteiger partial charge on any atom is 0.0561 e. The average Bonchev–Trinajstić information content (AvgIpc) is 2.40. The lowest BCUT2D eigenvalue weighted by Crippen LogP contribution is -2.51. The summed E-state index contributed by atoms with van der Waals surface area (Å²) in [5, 5.41) is 0. The van der Waals surface area contributed by atoms with Crippen LogP contribution < -0.4 is 5.73 Å². The van der Waals surface area contributed by atoms with Crippen molar-refractivity contribution in [2.24, 2.45) is 11.7 Å². The van der Waals surface area contributed by atoms with Gasteiger partial charge in [0.2, 0.25) is 0 Å². The Morgan fingerprint density at radius 3 is 2.00 bits per heavy atom. The van der Waals surface area contributed by atoms with Gasteiger partial charge in [0.05, 0.1) is 5.54 Å². The third kappa shape index (κ3) is 4.32. The van der Waals surface area contributed by atoms with Crippen LogP contribution >= 0.6 is 0 Å². The fourth-order valence-electron chi connectivity index (χ4n) is 2.63. The molecule has 0 saturated heterocycles. The maximum atomic E-state index is 6.78. The van der Waals surface area contributed by atoms with Crippen LogP contribution in [0, 0.1) is 5.92 Å². The second-order valence-electron chi connectivity index (χ2n) is 5.84. The van der Waals surface area contributed by atoms with Crippen LogP contribution in [0.4, 0.5) is 0 Å². The van der Waals surface area contributed by atoms with Gasteiger partial charge in [0.15, 0.2) is 0 Å². The van der Waals surface area contributed by atoms with Crippen LogP contribution in [0.5, 0.6) is 0 Å². The summed E-state index contributed by atoms with van der Waals surface area (Å²) >= 11 is 0. The van der Waals surface area contributed by atoms with Gasteiger partial charge in [0.25, 0.3) is 0 Å². The van der Waals surface area contributed by atoms with E-state index in [9.17, 15) is 0 Å². The van der Waals surface area contributed by atoms with Gasteiger partial charge < -0.3 is 10.6 Å². The predicted molar refractivity (Wildman–Crippen MR) is 84.2 cm³/mol. The number of hydrogen-bond acceptors (Lipinski definition) is 2. The molecule has 1 aromatic rings. The topological polar surface area (TPSA) is 29.3 Å². The molecule has 0 saturated carbocycles. The zero-order chi connectivity index (χ0) is 14.3. The van der Waals surface area contributed by atoms with Crippen molar-refractivity contribution >= 4 is 0 Å². The van der Waals surface area contributed by atoms with Gasteiger partial charge in [-0.15, -0.1) is 0 Å². The largest absolute Gasteiger partial charge is 0.320 e. The van der Waals surface area contributed by atoms with Gasteiger partial charge in [-0.1, -0.05) is 58.0 Å². The Labute approximate surface area is 119 Å². The Kier molecular flexibility index (Phi) is 6.53. The van der Waals surface area contributed by atoms with E-state index in [0.29, 0.717) is 5.92 Å². The van der Waals surface area contributed by atoms with Crippen LogP contribution in [-0.4, -0.2) is 24.5 Å². The Balaban J connectivity index is 2.93. The molecule has 0 amide bonds. The Morgan fingerprint density at radius 2 is 1.58 bits per heavy atom. The molecule has 0 spiro atoms. The molecule has 0 aliphatic heterocycles. The quantitative estimate of drug-likeness (QED) is 0.775. The van der Waals surface area contributed by atoms with Crippen molar-refractivity contribution in [1.29, 1.82) is 0 Å². The summed E-state index contributed by atoms with van der Waals surface area (Å²) in [6.07, 6.45) is 2.37. The Bertz CT molecular complexity index is 342. The summed E-state index contributed by atoms with van der Waals surface area (Å²) in [7, 11) is 0. The summed E-state index contributed by atoms with van der Waals surface area (Å²) in [4.78, 5) is 2.51. The van der Waals surface area contributed by atoms with Crippen LogP contribution in [-0.2, 0) is 5.54 Å². The highest BCUT2D eigenvalue weighted by Gasteiger charge is 2.32. The summed E-state index contributed by atoms with van der Waals surface area (Å²) in [5.74, 6) is 0.422. The van der Waals surface area contributed by atoms with E-state index in [-0.39, 0.29) is 5.54 Å². The highest BCUT2D eigenvalue weighted by Crippen LogP contribution is 2.28. The van der Waals surface area contributed by atoms with Gasteiger partial charge >= 0.3 is 0 Å².